The predicted molar refractivity (Wildman–Crippen MR) is 75.4 cm³/mol. The predicted octanol–water partition coefficient (Wildman–Crippen LogP) is 3.27. The summed E-state index contributed by atoms with van der Waals surface area (Å²) < 4.78 is 5.53. The third-order valence-electron chi connectivity index (χ3n) is 3.84. The van der Waals surface area contributed by atoms with Gasteiger partial charge in [0.25, 0.3) is 0 Å². The van der Waals surface area contributed by atoms with Crippen molar-refractivity contribution in [2.24, 2.45) is 0 Å². The van der Waals surface area contributed by atoms with Gasteiger partial charge in [-0.15, -0.1) is 0 Å². The minimum Gasteiger partial charge on any atom is -0.494 e. The summed E-state index contributed by atoms with van der Waals surface area (Å²) in [6.07, 6.45) is 1.66. The van der Waals surface area contributed by atoms with Crippen molar-refractivity contribution in [2.75, 3.05) is 6.61 Å². The first-order chi connectivity index (χ1) is 9.24. The number of hydrogen-bond donors (Lipinski definition) is 1. The van der Waals surface area contributed by atoms with Crippen molar-refractivity contribution in [3.63, 3.8) is 0 Å². The highest BCUT2D eigenvalue weighted by Gasteiger charge is 2.38. The van der Waals surface area contributed by atoms with Crippen molar-refractivity contribution >= 4 is 0 Å². The number of hydrogen-bond acceptors (Lipinski definition) is 2. The molecule has 0 amide bonds. The van der Waals surface area contributed by atoms with Gasteiger partial charge in [-0.3, -0.25) is 0 Å². The van der Waals surface area contributed by atoms with E-state index < -0.39 is 5.60 Å². The van der Waals surface area contributed by atoms with Gasteiger partial charge >= 0.3 is 0 Å². The smallest absolute Gasteiger partial charge is 0.119 e. The molecule has 0 heterocycles. The summed E-state index contributed by atoms with van der Waals surface area (Å²) >= 11 is 0. The lowest BCUT2D eigenvalue weighted by Gasteiger charge is -2.25. The Kier molecular flexibility index (Phi) is 3.03. The maximum atomic E-state index is 11.1. The van der Waals surface area contributed by atoms with Crippen molar-refractivity contribution in [3.05, 3.63) is 65.2 Å². The third-order valence-corrected chi connectivity index (χ3v) is 3.84. The molecule has 0 aromatic heterocycles. The fourth-order valence-electron chi connectivity index (χ4n) is 2.90. The molecule has 0 bridgehead atoms. The molecule has 2 heteroatoms. The molecule has 2 aromatic carbocycles. The maximum absolute atomic E-state index is 11.1. The first-order valence-electron chi connectivity index (χ1n) is 6.78. The summed E-state index contributed by atoms with van der Waals surface area (Å²) in [5, 5.41) is 11.1. The van der Waals surface area contributed by atoms with Gasteiger partial charge in [-0.1, -0.05) is 36.4 Å². The monoisotopic (exact) mass is 254 g/mol. The molecule has 0 fully saturated rings. The average molecular weight is 254 g/mol. The lowest BCUT2D eigenvalue weighted by atomic mass is 9.88. The van der Waals surface area contributed by atoms with Crippen LogP contribution in [0.15, 0.2) is 48.5 Å². The Morgan fingerprint density at radius 1 is 1.16 bits per heavy atom. The normalized spacial score (nSPS) is 21.2. The average Bonchev–Trinajstić information content (AvgIpc) is 2.79. The molecular formula is C17H18O2. The summed E-state index contributed by atoms with van der Waals surface area (Å²) in [6.45, 7) is 2.60. The van der Waals surface area contributed by atoms with E-state index >= 15 is 0 Å². The molecule has 0 spiro atoms. The van der Waals surface area contributed by atoms with Gasteiger partial charge < -0.3 is 9.84 Å². The van der Waals surface area contributed by atoms with E-state index in [-0.39, 0.29) is 0 Å². The largest absolute Gasteiger partial charge is 0.494 e. The molecule has 0 saturated heterocycles. The summed E-state index contributed by atoms with van der Waals surface area (Å²) in [7, 11) is 0. The standard InChI is InChI=1S/C17H18O2/c1-2-19-15-8-5-7-14(12-15)17(18)11-10-13-6-3-4-9-16(13)17/h3-9,12,18H,2,10-11H2,1H3. The van der Waals surface area contributed by atoms with Gasteiger partial charge in [-0.05, 0) is 48.6 Å². The Morgan fingerprint density at radius 3 is 2.84 bits per heavy atom. The van der Waals surface area contributed by atoms with E-state index in [1.54, 1.807) is 0 Å². The van der Waals surface area contributed by atoms with Gasteiger partial charge in [0.05, 0.1) is 6.61 Å². The SMILES string of the molecule is CCOc1cccc(C2(O)CCc3ccccc32)c1. The van der Waals surface area contributed by atoms with Crippen molar-refractivity contribution in [2.45, 2.75) is 25.4 Å². The molecule has 19 heavy (non-hydrogen) atoms. The second kappa shape index (κ2) is 4.71. The molecule has 0 saturated carbocycles. The molecule has 1 unspecified atom stereocenters. The van der Waals surface area contributed by atoms with E-state index in [4.69, 9.17) is 4.74 Å². The molecule has 0 aliphatic heterocycles. The number of fused-ring (bicyclic) bond motifs is 1. The second-order valence-electron chi connectivity index (χ2n) is 4.98. The number of ether oxygens (including phenoxy) is 1. The van der Waals surface area contributed by atoms with Crippen LogP contribution in [0, 0.1) is 0 Å². The van der Waals surface area contributed by atoms with Crippen molar-refractivity contribution in [1.82, 2.24) is 0 Å². The molecule has 2 nitrogen and oxygen atoms in total. The number of aliphatic hydroxyl groups is 1. The zero-order valence-corrected chi connectivity index (χ0v) is 11.1. The molecule has 1 aliphatic carbocycles. The Labute approximate surface area is 113 Å². The van der Waals surface area contributed by atoms with Crippen molar-refractivity contribution < 1.29 is 9.84 Å². The van der Waals surface area contributed by atoms with Gasteiger partial charge in [0.1, 0.15) is 11.4 Å². The zero-order chi connectivity index (χ0) is 13.3. The molecular weight excluding hydrogens is 236 g/mol. The minimum absolute atomic E-state index is 0.637. The molecule has 1 aliphatic rings. The number of rotatable bonds is 3. The highest BCUT2D eigenvalue weighted by atomic mass is 16.5. The van der Waals surface area contributed by atoms with Crippen LogP contribution < -0.4 is 4.74 Å². The summed E-state index contributed by atoms with van der Waals surface area (Å²) in [6, 6.07) is 15.9. The Morgan fingerprint density at radius 2 is 2.00 bits per heavy atom. The fourth-order valence-corrected chi connectivity index (χ4v) is 2.90. The van der Waals surface area contributed by atoms with Gasteiger partial charge in [0, 0.05) is 0 Å². The second-order valence-corrected chi connectivity index (χ2v) is 4.98. The summed E-state index contributed by atoms with van der Waals surface area (Å²) in [4.78, 5) is 0. The van der Waals surface area contributed by atoms with Crippen LogP contribution in [0.3, 0.4) is 0 Å². The number of benzene rings is 2. The zero-order valence-electron chi connectivity index (χ0n) is 11.1. The lowest BCUT2D eigenvalue weighted by Crippen LogP contribution is -2.23. The summed E-state index contributed by atoms with van der Waals surface area (Å²) in [5.41, 5.74) is 2.32. The van der Waals surface area contributed by atoms with Crippen LogP contribution in [0.1, 0.15) is 30.0 Å². The highest BCUT2D eigenvalue weighted by molar-refractivity contribution is 5.46. The van der Waals surface area contributed by atoms with E-state index in [1.807, 2.05) is 49.4 Å². The Bertz CT molecular complexity index is 591. The van der Waals surface area contributed by atoms with Crippen molar-refractivity contribution in [1.29, 1.82) is 0 Å². The van der Waals surface area contributed by atoms with Crippen LogP contribution in [0.4, 0.5) is 0 Å². The van der Waals surface area contributed by atoms with Gasteiger partial charge in [0.15, 0.2) is 0 Å². The lowest BCUT2D eigenvalue weighted by molar-refractivity contribution is 0.0826. The summed E-state index contributed by atoms with van der Waals surface area (Å²) in [5.74, 6) is 0.817. The molecule has 2 aromatic rings. The first kappa shape index (κ1) is 12.2. The van der Waals surface area contributed by atoms with Crippen LogP contribution >= 0.6 is 0 Å². The van der Waals surface area contributed by atoms with Crippen LogP contribution in [0.25, 0.3) is 0 Å². The van der Waals surface area contributed by atoms with E-state index in [0.29, 0.717) is 6.61 Å². The third kappa shape index (κ3) is 2.02. The van der Waals surface area contributed by atoms with E-state index in [0.717, 1.165) is 29.7 Å². The molecule has 0 radical (unpaired) electrons. The number of aryl methyl sites for hydroxylation is 1. The van der Waals surface area contributed by atoms with Gasteiger partial charge in [-0.25, -0.2) is 0 Å². The topological polar surface area (TPSA) is 29.5 Å². The van der Waals surface area contributed by atoms with Crippen molar-refractivity contribution in [3.8, 4) is 5.75 Å². The maximum Gasteiger partial charge on any atom is 0.119 e. The van der Waals surface area contributed by atoms with E-state index in [9.17, 15) is 5.11 Å². The van der Waals surface area contributed by atoms with Crippen LogP contribution in [-0.2, 0) is 12.0 Å². The Balaban J connectivity index is 2.04. The van der Waals surface area contributed by atoms with Crippen LogP contribution in [-0.4, -0.2) is 11.7 Å². The van der Waals surface area contributed by atoms with E-state index in [1.165, 1.54) is 5.56 Å². The van der Waals surface area contributed by atoms with Gasteiger partial charge in [0.2, 0.25) is 0 Å². The molecule has 3 rings (SSSR count). The van der Waals surface area contributed by atoms with E-state index in [2.05, 4.69) is 6.07 Å². The first-order valence-corrected chi connectivity index (χ1v) is 6.78. The quantitative estimate of drug-likeness (QED) is 0.911. The molecule has 1 atom stereocenters. The molecule has 1 N–H and O–H groups in total. The van der Waals surface area contributed by atoms with Crippen LogP contribution in [0.2, 0.25) is 0 Å². The Hall–Kier alpha value is -1.80. The van der Waals surface area contributed by atoms with Crippen LogP contribution in [0.5, 0.6) is 5.75 Å². The fraction of sp³-hybridized carbons (Fsp3) is 0.294. The minimum atomic E-state index is -0.871. The van der Waals surface area contributed by atoms with Gasteiger partial charge in [-0.2, -0.15) is 0 Å². The molecule has 98 valence electrons. The highest BCUT2D eigenvalue weighted by Crippen LogP contribution is 2.42.